The molecule has 34 heavy (non-hydrogen) atoms. The number of benzene rings is 3. The Morgan fingerprint density at radius 3 is 2.74 bits per heavy atom. The first-order valence-corrected chi connectivity index (χ1v) is 11.5. The van der Waals surface area contributed by atoms with Crippen molar-refractivity contribution in [2.45, 2.75) is 20.0 Å². The Morgan fingerprint density at radius 2 is 2.03 bits per heavy atom. The average Bonchev–Trinajstić information content (AvgIpc) is 2.80. The number of rotatable bonds is 8. The lowest BCUT2D eigenvalue weighted by Gasteiger charge is -2.14. The van der Waals surface area contributed by atoms with Crippen LogP contribution in [0.3, 0.4) is 0 Å². The highest BCUT2D eigenvalue weighted by atomic mass is 79.9. The maximum absolute atomic E-state index is 13.5. The van der Waals surface area contributed by atoms with Crippen LogP contribution >= 0.6 is 27.5 Å². The first-order valence-electron chi connectivity index (χ1n) is 10.3. The number of hydrogen-bond donors (Lipinski definition) is 1. The molecule has 0 saturated heterocycles. The van der Waals surface area contributed by atoms with Crippen LogP contribution in [0.15, 0.2) is 77.3 Å². The third kappa shape index (κ3) is 6.34. The molecule has 0 aromatic heterocycles. The molecule has 0 aliphatic rings. The van der Waals surface area contributed by atoms with Crippen molar-refractivity contribution in [2.75, 3.05) is 5.32 Å². The normalized spacial score (nSPS) is 11.0. The van der Waals surface area contributed by atoms with E-state index in [0.29, 0.717) is 44.0 Å². The summed E-state index contributed by atoms with van der Waals surface area (Å²) in [6.07, 6.45) is 3.72. The Kier molecular flexibility index (Phi) is 8.64. The van der Waals surface area contributed by atoms with Crippen LogP contribution in [0.5, 0.6) is 5.75 Å². The second kappa shape index (κ2) is 11.6. The van der Waals surface area contributed by atoms with Crippen LogP contribution in [0.4, 0.5) is 10.1 Å². The molecule has 7 heteroatoms. The number of nitriles is 1. The number of allylic oxidation sites excluding steroid dienone is 1. The van der Waals surface area contributed by atoms with Gasteiger partial charge in [0.25, 0.3) is 5.91 Å². The van der Waals surface area contributed by atoms with E-state index in [0.717, 1.165) is 5.56 Å². The first-order chi connectivity index (χ1) is 16.3. The van der Waals surface area contributed by atoms with Crippen LogP contribution in [0.25, 0.3) is 6.08 Å². The number of amides is 1. The number of carbonyl (C=O) groups is 1. The monoisotopic (exact) mass is 538 g/mol. The van der Waals surface area contributed by atoms with Gasteiger partial charge in [0.15, 0.2) is 0 Å². The Bertz CT molecular complexity index is 1310. The summed E-state index contributed by atoms with van der Waals surface area (Å²) >= 11 is 9.63. The number of halogens is 3. The largest absolute Gasteiger partial charge is 0.487 e. The Labute approximate surface area is 211 Å². The van der Waals surface area contributed by atoms with Crippen molar-refractivity contribution in [3.63, 3.8) is 0 Å². The molecule has 0 radical (unpaired) electrons. The van der Waals surface area contributed by atoms with Crippen molar-refractivity contribution in [1.29, 1.82) is 5.26 Å². The molecule has 3 aromatic rings. The minimum atomic E-state index is -0.541. The van der Waals surface area contributed by atoms with E-state index in [-0.39, 0.29) is 18.0 Å². The molecular weight excluding hydrogens is 519 g/mol. The highest BCUT2D eigenvalue weighted by Gasteiger charge is 2.15. The fourth-order valence-corrected chi connectivity index (χ4v) is 4.06. The fourth-order valence-electron chi connectivity index (χ4n) is 3.26. The van der Waals surface area contributed by atoms with E-state index < -0.39 is 5.91 Å². The van der Waals surface area contributed by atoms with E-state index in [4.69, 9.17) is 16.3 Å². The zero-order valence-electron chi connectivity index (χ0n) is 18.4. The van der Waals surface area contributed by atoms with Gasteiger partial charge in [-0.05, 0) is 94.0 Å². The van der Waals surface area contributed by atoms with Gasteiger partial charge < -0.3 is 10.1 Å². The van der Waals surface area contributed by atoms with Gasteiger partial charge in [-0.1, -0.05) is 35.9 Å². The minimum absolute atomic E-state index is 0.0655. The van der Waals surface area contributed by atoms with E-state index in [2.05, 4.69) is 27.8 Å². The predicted molar refractivity (Wildman–Crippen MR) is 137 cm³/mol. The Hall–Kier alpha value is -3.40. The minimum Gasteiger partial charge on any atom is -0.487 e. The van der Waals surface area contributed by atoms with Crippen LogP contribution in [0.1, 0.15) is 22.3 Å². The highest BCUT2D eigenvalue weighted by Crippen LogP contribution is 2.33. The lowest BCUT2D eigenvalue weighted by atomic mass is 10.0. The number of nitrogens with zero attached hydrogens (tertiary/aromatic N) is 1. The molecule has 1 N–H and O–H groups in total. The lowest BCUT2D eigenvalue weighted by Crippen LogP contribution is -2.14. The van der Waals surface area contributed by atoms with Crippen molar-refractivity contribution in [3.8, 4) is 11.8 Å². The molecule has 0 saturated carbocycles. The van der Waals surface area contributed by atoms with E-state index in [1.807, 2.05) is 12.1 Å². The van der Waals surface area contributed by atoms with Gasteiger partial charge in [-0.3, -0.25) is 4.79 Å². The number of ether oxygens (including phenoxy) is 1. The Balaban J connectivity index is 1.87. The molecular formula is C27H21BrClFN2O2. The molecule has 0 heterocycles. The quantitative estimate of drug-likeness (QED) is 0.184. The molecule has 3 rings (SSSR count). The maximum Gasteiger partial charge on any atom is 0.266 e. The van der Waals surface area contributed by atoms with Crippen molar-refractivity contribution >= 4 is 45.2 Å². The SMILES string of the molecule is C=CCc1cc(/C=C(/C#N)C(=O)Nc2cccc(Cl)c2C)cc(Br)c1OCc1cccc(F)c1. The number of anilines is 1. The summed E-state index contributed by atoms with van der Waals surface area (Å²) in [5.74, 6) is -0.290. The summed E-state index contributed by atoms with van der Waals surface area (Å²) in [5, 5.41) is 12.9. The third-order valence-corrected chi connectivity index (χ3v) is 5.97. The van der Waals surface area contributed by atoms with Crippen molar-refractivity contribution in [2.24, 2.45) is 0 Å². The van der Waals surface area contributed by atoms with Gasteiger partial charge >= 0.3 is 0 Å². The van der Waals surface area contributed by atoms with Gasteiger partial charge in [0.2, 0.25) is 0 Å². The first kappa shape index (κ1) is 25.2. The van der Waals surface area contributed by atoms with Crippen LogP contribution in [0, 0.1) is 24.1 Å². The molecule has 172 valence electrons. The van der Waals surface area contributed by atoms with Gasteiger partial charge in [0.1, 0.15) is 29.8 Å². The molecule has 4 nitrogen and oxygen atoms in total. The van der Waals surface area contributed by atoms with Crippen LogP contribution in [0.2, 0.25) is 5.02 Å². The fraction of sp³-hybridized carbons (Fsp3) is 0.111. The number of carbonyl (C=O) groups excluding carboxylic acids is 1. The van der Waals surface area contributed by atoms with Gasteiger partial charge in [-0.2, -0.15) is 5.26 Å². The van der Waals surface area contributed by atoms with Crippen LogP contribution in [-0.2, 0) is 17.8 Å². The van der Waals surface area contributed by atoms with Crippen molar-refractivity contribution in [3.05, 3.63) is 110 Å². The smallest absolute Gasteiger partial charge is 0.266 e. The standard InChI is InChI=1S/C27H21BrClFN2O2/c1-3-6-20-11-19(14-23(28)26(20)34-16-18-7-4-8-22(30)13-18)12-21(15-31)27(33)32-25-10-5-9-24(29)17(25)2/h3-5,7-14H,1,6,16H2,2H3,(H,32,33)/b21-12-. The predicted octanol–water partition coefficient (Wildman–Crippen LogP) is 7.40. The topological polar surface area (TPSA) is 62.1 Å². The molecule has 1 amide bonds. The van der Waals surface area contributed by atoms with Gasteiger partial charge in [-0.25, -0.2) is 4.39 Å². The lowest BCUT2D eigenvalue weighted by molar-refractivity contribution is -0.112. The highest BCUT2D eigenvalue weighted by molar-refractivity contribution is 9.10. The molecule has 0 fully saturated rings. The second-order valence-corrected chi connectivity index (χ2v) is 8.70. The number of hydrogen-bond acceptors (Lipinski definition) is 3. The van der Waals surface area contributed by atoms with E-state index in [1.54, 1.807) is 49.4 Å². The molecule has 0 unspecified atom stereocenters. The molecule has 0 bridgehead atoms. The van der Waals surface area contributed by atoms with Crippen molar-refractivity contribution < 1.29 is 13.9 Å². The zero-order valence-corrected chi connectivity index (χ0v) is 20.7. The van der Waals surface area contributed by atoms with Crippen LogP contribution < -0.4 is 10.1 Å². The van der Waals surface area contributed by atoms with Gasteiger partial charge in [0, 0.05) is 10.7 Å². The summed E-state index contributed by atoms with van der Waals surface area (Å²) < 4.78 is 20.1. The maximum atomic E-state index is 13.5. The summed E-state index contributed by atoms with van der Waals surface area (Å²) in [7, 11) is 0. The van der Waals surface area contributed by atoms with Gasteiger partial charge in [0.05, 0.1) is 4.47 Å². The summed E-state index contributed by atoms with van der Waals surface area (Å²) in [5.41, 5.74) is 3.31. The van der Waals surface area contributed by atoms with E-state index in [9.17, 15) is 14.4 Å². The summed E-state index contributed by atoms with van der Waals surface area (Å²) in [6, 6.07) is 16.9. The van der Waals surface area contributed by atoms with E-state index >= 15 is 0 Å². The summed E-state index contributed by atoms with van der Waals surface area (Å²) in [4.78, 5) is 12.7. The average molecular weight is 540 g/mol. The summed E-state index contributed by atoms with van der Waals surface area (Å²) in [6.45, 7) is 5.76. The number of nitrogens with one attached hydrogen (secondary N) is 1. The molecule has 0 aliphatic carbocycles. The van der Waals surface area contributed by atoms with Crippen LogP contribution in [-0.4, -0.2) is 5.91 Å². The third-order valence-electron chi connectivity index (χ3n) is 4.97. The molecule has 0 spiro atoms. The van der Waals surface area contributed by atoms with Crippen molar-refractivity contribution in [1.82, 2.24) is 0 Å². The zero-order chi connectivity index (χ0) is 24.7. The van der Waals surface area contributed by atoms with E-state index in [1.165, 1.54) is 18.2 Å². The Morgan fingerprint density at radius 1 is 1.26 bits per heavy atom. The molecule has 0 aliphatic heterocycles. The van der Waals surface area contributed by atoms with Gasteiger partial charge in [-0.15, -0.1) is 6.58 Å². The second-order valence-electron chi connectivity index (χ2n) is 7.44. The molecule has 3 aromatic carbocycles. The molecule has 0 atom stereocenters.